The van der Waals surface area contributed by atoms with Crippen molar-refractivity contribution in [1.82, 2.24) is 0 Å². The van der Waals surface area contributed by atoms with Gasteiger partial charge in [-0.2, -0.15) is 0 Å². The molecule has 1 aliphatic heterocycles. The highest BCUT2D eigenvalue weighted by molar-refractivity contribution is 5.81. The Morgan fingerprint density at radius 2 is 2.09 bits per heavy atom. The molecule has 0 aromatic heterocycles. The number of carbonyl (C=O) groups excluding carboxylic acids is 1. The van der Waals surface area contributed by atoms with Crippen molar-refractivity contribution in [2.75, 3.05) is 0 Å². The average Bonchev–Trinajstić information content (AvgIpc) is 2.77. The number of phenols is 1. The molecule has 1 aliphatic rings. The van der Waals surface area contributed by atoms with Gasteiger partial charge in [0.25, 0.3) is 0 Å². The van der Waals surface area contributed by atoms with E-state index in [0.29, 0.717) is 24.9 Å². The van der Waals surface area contributed by atoms with Crippen molar-refractivity contribution in [3.63, 3.8) is 0 Å². The maximum absolute atomic E-state index is 10.9. The van der Waals surface area contributed by atoms with E-state index in [9.17, 15) is 20.1 Å². The Morgan fingerprint density at radius 3 is 2.68 bits per heavy atom. The third-order valence-electron chi connectivity index (χ3n) is 3.99. The summed E-state index contributed by atoms with van der Waals surface area (Å²) in [5.41, 5.74) is 0.140. The number of benzene rings is 1. The molecule has 5 nitrogen and oxygen atoms in total. The van der Waals surface area contributed by atoms with Gasteiger partial charge in [0.2, 0.25) is 0 Å². The van der Waals surface area contributed by atoms with Crippen molar-refractivity contribution >= 4 is 6.29 Å². The van der Waals surface area contributed by atoms with Gasteiger partial charge in [-0.15, -0.1) is 0 Å². The molecule has 5 heteroatoms. The summed E-state index contributed by atoms with van der Waals surface area (Å²) in [6, 6.07) is 2.95. The lowest BCUT2D eigenvalue weighted by molar-refractivity contribution is -0.0914. The zero-order valence-corrected chi connectivity index (χ0v) is 13.0. The highest BCUT2D eigenvalue weighted by Crippen LogP contribution is 2.46. The van der Waals surface area contributed by atoms with Gasteiger partial charge in [0, 0.05) is 0 Å². The number of carbonyl (C=O) groups is 1. The summed E-state index contributed by atoms with van der Waals surface area (Å²) in [6.07, 6.45) is 1.52. The minimum absolute atomic E-state index is 0.0891. The van der Waals surface area contributed by atoms with Crippen molar-refractivity contribution in [2.45, 2.75) is 51.4 Å². The van der Waals surface area contributed by atoms with Crippen LogP contribution in [0.25, 0.3) is 0 Å². The highest BCUT2D eigenvalue weighted by atomic mass is 16.5. The van der Waals surface area contributed by atoms with E-state index in [2.05, 4.69) is 0 Å². The summed E-state index contributed by atoms with van der Waals surface area (Å²) in [5.74, 6) is 0.00527. The Hall–Kier alpha value is -1.85. The van der Waals surface area contributed by atoms with E-state index in [1.165, 1.54) is 12.1 Å². The van der Waals surface area contributed by atoms with Gasteiger partial charge < -0.3 is 20.1 Å². The van der Waals surface area contributed by atoms with E-state index in [0.717, 1.165) is 5.57 Å². The van der Waals surface area contributed by atoms with Crippen LogP contribution in [0.3, 0.4) is 0 Å². The SMILES string of the molecule is CC(C)=CCC[C@](C)(O)[C@@H]1Oc2ccc(C=O)c(O)c2[C@H]1O. The van der Waals surface area contributed by atoms with Crippen LogP contribution in [-0.4, -0.2) is 33.3 Å². The van der Waals surface area contributed by atoms with Crippen molar-refractivity contribution in [2.24, 2.45) is 0 Å². The zero-order chi connectivity index (χ0) is 16.5. The van der Waals surface area contributed by atoms with Gasteiger partial charge in [0.15, 0.2) is 12.4 Å². The summed E-state index contributed by atoms with van der Waals surface area (Å²) in [6.45, 7) is 5.55. The van der Waals surface area contributed by atoms with E-state index >= 15 is 0 Å². The number of rotatable bonds is 5. The van der Waals surface area contributed by atoms with Gasteiger partial charge in [0.05, 0.1) is 11.1 Å². The number of hydrogen-bond acceptors (Lipinski definition) is 5. The molecule has 0 bridgehead atoms. The molecule has 0 aliphatic carbocycles. The van der Waals surface area contributed by atoms with E-state index in [1.807, 2.05) is 19.9 Å². The molecule has 2 rings (SSSR count). The van der Waals surface area contributed by atoms with Crippen LogP contribution in [0.5, 0.6) is 11.5 Å². The van der Waals surface area contributed by atoms with Gasteiger partial charge in [-0.3, -0.25) is 4.79 Å². The molecular weight excluding hydrogens is 284 g/mol. The second-order valence-electron chi connectivity index (χ2n) is 6.19. The smallest absolute Gasteiger partial charge is 0.157 e. The van der Waals surface area contributed by atoms with Crippen LogP contribution in [-0.2, 0) is 0 Å². The maximum Gasteiger partial charge on any atom is 0.157 e. The van der Waals surface area contributed by atoms with Gasteiger partial charge in [-0.05, 0) is 45.7 Å². The predicted molar refractivity (Wildman–Crippen MR) is 82.2 cm³/mol. The fourth-order valence-electron chi connectivity index (χ4n) is 2.71. The number of aliphatic hydroxyl groups is 2. The molecule has 1 aromatic rings. The molecule has 0 unspecified atom stereocenters. The second-order valence-corrected chi connectivity index (χ2v) is 6.19. The minimum atomic E-state index is -1.27. The monoisotopic (exact) mass is 306 g/mol. The predicted octanol–water partition coefficient (Wildman–Crippen LogP) is 2.50. The number of aromatic hydroxyl groups is 1. The standard InChI is InChI=1S/C17H22O5/c1-10(2)5-4-8-17(3,21)16-15(20)13-12(22-16)7-6-11(9-18)14(13)19/h5-7,9,15-16,19-21H,4,8H2,1-3H3/t15-,16-,17+/m1/s1. The van der Waals surface area contributed by atoms with Crippen molar-refractivity contribution in [1.29, 1.82) is 0 Å². The van der Waals surface area contributed by atoms with E-state index in [-0.39, 0.29) is 16.9 Å². The lowest BCUT2D eigenvalue weighted by atomic mass is 9.88. The van der Waals surface area contributed by atoms with Crippen molar-refractivity contribution in [3.05, 3.63) is 34.9 Å². The number of ether oxygens (including phenoxy) is 1. The average molecular weight is 306 g/mol. The van der Waals surface area contributed by atoms with Crippen LogP contribution < -0.4 is 4.74 Å². The number of aldehydes is 1. The molecular formula is C17H22O5. The number of aliphatic hydroxyl groups excluding tert-OH is 1. The van der Waals surface area contributed by atoms with E-state index in [4.69, 9.17) is 4.74 Å². The van der Waals surface area contributed by atoms with Crippen LogP contribution >= 0.6 is 0 Å². The van der Waals surface area contributed by atoms with E-state index < -0.39 is 17.8 Å². The van der Waals surface area contributed by atoms with E-state index in [1.54, 1.807) is 6.92 Å². The molecule has 0 saturated carbocycles. The molecule has 22 heavy (non-hydrogen) atoms. The first-order valence-electron chi connectivity index (χ1n) is 7.29. The fourth-order valence-corrected chi connectivity index (χ4v) is 2.71. The first kappa shape index (κ1) is 16.5. The van der Waals surface area contributed by atoms with Gasteiger partial charge in [-0.1, -0.05) is 11.6 Å². The molecule has 120 valence electrons. The van der Waals surface area contributed by atoms with Crippen molar-refractivity contribution < 1.29 is 24.9 Å². The van der Waals surface area contributed by atoms with Crippen LogP contribution in [0, 0.1) is 0 Å². The minimum Gasteiger partial charge on any atom is -0.507 e. The number of hydrogen-bond donors (Lipinski definition) is 3. The molecule has 1 heterocycles. The Balaban J connectivity index is 2.24. The lowest BCUT2D eigenvalue weighted by Crippen LogP contribution is -2.44. The first-order chi connectivity index (χ1) is 10.3. The normalized spacial score (nSPS) is 22.4. The first-order valence-corrected chi connectivity index (χ1v) is 7.29. The molecule has 0 fully saturated rings. The topological polar surface area (TPSA) is 87.0 Å². The number of allylic oxidation sites excluding steroid dienone is 2. The summed E-state index contributed by atoms with van der Waals surface area (Å²) in [4.78, 5) is 10.9. The molecule has 0 amide bonds. The number of fused-ring (bicyclic) bond motifs is 1. The Bertz CT molecular complexity index is 599. The van der Waals surface area contributed by atoms with Crippen LogP contribution in [0.15, 0.2) is 23.8 Å². The lowest BCUT2D eigenvalue weighted by Gasteiger charge is -2.31. The molecule has 1 aromatic carbocycles. The molecule has 0 saturated heterocycles. The summed E-state index contributed by atoms with van der Waals surface area (Å²) in [5, 5.41) is 31.1. The van der Waals surface area contributed by atoms with Gasteiger partial charge in [-0.25, -0.2) is 0 Å². The van der Waals surface area contributed by atoms with Crippen molar-refractivity contribution in [3.8, 4) is 11.5 Å². The largest absolute Gasteiger partial charge is 0.507 e. The van der Waals surface area contributed by atoms with Crippen LogP contribution in [0.4, 0.5) is 0 Å². The number of phenolic OH excluding ortho intramolecular Hbond substituents is 1. The van der Waals surface area contributed by atoms with Gasteiger partial charge in [0.1, 0.15) is 23.2 Å². The highest BCUT2D eigenvalue weighted by Gasteiger charge is 2.46. The quantitative estimate of drug-likeness (QED) is 0.575. The Kier molecular flexibility index (Phi) is 4.58. The molecule has 3 N–H and O–H groups in total. The summed E-state index contributed by atoms with van der Waals surface area (Å²) >= 11 is 0. The zero-order valence-electron chi connectivity index (χ0n) is 13.0. The van der Waals surface area contributed by atoms with Crippen LogP contribution in [0.1, 0.15) is 55.6 Å². The third-order valence-corrected chi connectivity index (χ3v) is 3.99. The summed E-state index contributed by atoms with van der Waals surface area (Å²) < 4.78 is 5.63. The maximum atomic E-state index is 10.9. The van der Waals surface area contributed by atoms with Crippen LogP contribution in [0.2, 0.25) is 0 Å². The Morgan fingerprint density at radius 1 is 1.41 bits per heavy atom. The second kappa shape index (κ2) is 6.10. The summed E-state index contributed by atoms with van der Waals surface area (Å²) in [7, 11) is 0. The Labute approximate surface area is 129 Å². The third kappa shape index (κ3) is 3.00. The van der Waals surface area contributed by atoms with Gasteiger partial charge >= 0.3 is 0 Å². The molecule has 3 atom stereocenters. The fraction of sp³-hybridized carbons (Fsp3) is 0.471. The molecule has 0 radical (unpaired) electrons. The molecule has 0 spiro atoms.